The van der Waals surface area contributed by atoms with Crippen molar-refractivity contribution in [3.05, 3.63) is 29.6 Å². The lowest BCUT2D eigenvalue weighted by atomic mass is 10.1. The van der Waals surface area contributed by atoms with Crippen molar-refractivity contribution in [3.8, 4) is 0 Å². The van der Waals surface area contributed by atoms with E-state index in [2.05, 4.69) is 10.3 Å². The molecule has 2 rings (SSSR count). The van der Waals surface area contributed by atoms with Crippen LogP contribution >= 0.6 is 0 Å². The molecule has 15 heteroatoms. The molecule has 4 N–H and O–H groups in total. The van der Waals surface area contributed by atoms with Crippen LogP contribution in [-0.4, -0.2) is 180 Å². The van der Waals surface area contributed by atoms with Gasteiger partial charge in [0.15, 0.2) is 5.78 Å². The first-order valence-corrected chi connectivity index (χ1v) is 13.9. The maximum absolute atomic E-state index is 13.0. The maximum Gasteiger partial charge on any atom is 0.317 e. The van der Waals surface area contributed by atoms with E-state index in [0.717, 1.165) is 0 Å². The molecule has 0 aromatic carbocycles. The molecule has 0 bridgehead atoms. The summed E-state index contributed by atoms with van der Waals surface area (Å²) < 4.78 is 0. The largest absolute Gasteiger partial charge is 0.480 e. The van der Waals surface area contributed by atoms with Crippen LogP contribution in [0.4, 0.5) is 0 Å². The fraction of sp³-hybridized carbons (Fsp3) is 0.630. The number of amides is 1. The van der Waals surface area contributed by atoms with Crippen molar-refractivity contribution in [3.63, 3.8) is 0 Å². The molecule has 0 saturated carbocycles. The minimum Gasteiger partial charge on any atom is -0.480 e. The average molecular weight is 594 g/mol. The van der Waals surface area contributed by atoms with Gasteiger partial charge in [-0.3, -0.25) is 48.6 Å². The summed E-state index contributed by atoms with van der Waals surface area (Å²) in [6.07, 6.45) is 1.59. The summed E-state index contributed by atoms with van der Waals surface area (Å²) >= 11 is 0. The predicted molar refractivity (Wildman–Crippen MR) is 153 cm³/mol. The quantitative estimate of drug-likeness (QED) is 0.185. The van der Waals surface area contributed by atoms with Crippen LogP contribution in [0.1, 0.15) is 16.1 Å². The Kier molecular flexibility index (Phi) is 15.0. The number of hydrogen-bond donors (Lipinski definition) is 4. The maximum atomic E-state index is 13.0. The number of hydrogen-bond acceptors (Lipinski definition) is 11. The molecule has 234 valence electrons. The molecule has 0 aliphatic carbocycles. The lowest BCUT2D eigenvalue weighted by Gasteiger charge is -2.32. The van der Waals surface area contributed by atoms with Crippen molar-refractivity contribution in [1.82, 2.24) is 34.8 Å². The molecule has 1 aliphatic heterocycles. The van der Waals surface area contributed by atoms with E-state index in [4.69, 9.17) is 0 Å². The van der Waals surface area contributed by atoms with Gasteiger partial charge in [0.2, 0.25) is 0 Å². The smallest absolute Gasteiger partial charge is 0.317 e. The summed E-state index contributed by atoms with van der Waals surface area (Å²) in [5.41, 5.74) is 0.907. The molecule has 42 heavy (non-hydrogen) atoms. The summed E-state index contributed by atoms with van der Waals surface area (Å²) in [7, 11) is 3.81. The first-order chi connectivity index (χ1) is 19.9. The predicted octanol–water partition coefficient (Wildman–Crippen LogP) is -2.04. The van der Waals surface area contributed by atoms with Crippen LogP contribution in [-0.2, 0) is 25.6 Å². The van der Waals surface area contributed by atoms with E-state index >= 15 is 0 Å². The van der Waals surface area contributed by atoms with Crippen LogP contribution in [0, 0.1) is 0 Å². The van der Waals surface area contributed by atoms with E-state index in [1.165, 1.54) is 6.20 Å². The molecule has 1 aliphatic rings. The molecule has 0 radical (unpaired) electrons. The van der Waals surface area contributed by atoms with Gasteiger partial charge in [0.05, 0.1) is 26.2 Å². The first kappa shape index (κ1) is 34.7. The monoisotopic (exact) mass is 593 g/mol. The molecule has 1 aromatic heterocycles. The Hall–Kier alpha value is -3.50. The van der Waals surface area contributed by atoms with Crippen LogP contribution in [0.2, 0.25) is 0 Å². The number of aromatic nitrogens is 1. The van der Waals surface area contributed by atoms with E-state index in [0.29, 0.717) is 71.0 Å². The Balaban J connectivity index is 2.06. The topological polar surface area (TPSA) is 187 Å². The van der Waals surface area contributed by atoms with Crippen molar-refractivity contribution in [2.45, 2.75) is 6.42 Å². The number of likely N-dealkylation sites (N-methyl/N-ethyl adjacent to an activating group) is 1. The highest BCUT2D eigenvalue weighted by atomic mass is 16.4. The van der Waals surface area contributed by atoms with Crippen molar-refractivity contribution >= 4 is 29.6 Å². The lowest BCUT2D eigenvalue weighted by molar-refractivity contribution is -0.140. The fourth-order valence-electron chi connectivity index (χ4n) is 4.46. The second-order valence-corrected chi connectivity index (χ2v) is 10.6. The van der Waals surface area contributed by atoms with Crippen LogP contribution in [0.5, 0.6) is 0 Å². The number of ketones is 1. The number of carboxylic acid groups (broad SMARTS) is 3. The van der Waals surface area contributed by atoms with Gasteiger partial charge in [0.25, 0.3) is 5.91 Å². The van der Waals surface area contributed by atoms with E-state index < -0.39 is 17.9 Å². The van der Waals surface area contributed by atoms with Gasteiger partial charge < -0.3 is 25.5 Å². The fourth-order valence-corrected chi connectivity index (χ4v) is 4.46. The van der Waals surface area contributed by atoms with E-state index in [-0.39, 0.29) is 50.0 Å². The summed E-state index contributed by atoms with van der Waals surface area (Å²) in [5.74, 6) is -3.44. The van der Waals surface area contributed by atoms with Gasteiger partial charge in [-0.05, 0) is 25.7 Å². The minimum atomic E-state index is -1.02. The summed E-state index contributed by atoms with van der Waals surface area (Å²) in [6, 6.07) is 3.26. The van der Waals surface area contributed by atoms with Gasteiger partial charge in [-0.2, -0.15) is 0 Å². The second kappa shape index (κ2) is 18.1. The molecule has 1 aromatic rings. The average Bonchev–Trinajstić information content (AvgIpc) is 2.89. The number of nitrogens with one attached hydrogen (secondary N) is 1. The number of pyridine rings is 1. The Morgan fingerprint density at radius 3 is 1.52 bits per heavy atom. The van der Waals surface area contributed by atoms with Gasteiger partial charge in [0, 0.05) is 78.1 Å². The minimum absolute atomic E-state index is 0.0692. The summed E-state index contributed by atoms with van der Waals surface area (Å²) in [6.45, 7) is 3.16. The third-order valence-electron chi connectivity index (χ3n) is 6.71. The lowest BCUT2D eigenvalue weighted by Crippen LogP contribution is -2.49. The Morgan fingerprint density at radius 2 is 1.17 bits per heavy atom. The normalized spacial score (nSPS) is 16.8. The molecule has 1 saturated heterocycles. The van der Waals surface area contributed by atoms with E-state index in [9.17, 15) is 39.3 Å². The van der Waals surface area contributed by atoms with Gasteiger partial charge in [-0.1, -0.05) is 6.07 Å². The molecule has 2 heterocycles. The van der Waals surface area contributed by atoms with Crippen LogP contribution in [0.15, 0.2) is 18.3 Å². The Morgan fingerprint density at radius 1 is 0.738 bits per heavy atom. The van der Waals surface area contributed by atoms with Gasteiger partial charge >= 0.3 is 17.9 Å². The van der Waals surface area contributed by atoms with Gasteiger partial charge in [-0.25, -0.2) is 0 Å². The number of rotatable bonds is 14. The zero-order valence-corrected chi connectivity index (χ0v) is 24.4. The highest BCUT2D eigenvalue weighted by Gasteiger charge is 2.21. The van der Waals surface area contributed by atoms with Gasteiger partial charge in [0.1, 0.15) is 5.69 Å². The molecule has 1 amide bonds. The third-order valence-corrected chi connectivity index (χ3v) is 6.71. The van der Waals surface area contributed by atoms with Gasteiger partial charge in [-0.15, -0.1) is 0 Å². The van der Waals surface area contributed by atoms with Crippen LogP contribution in [0.25, 0.3) is 0 Å². The number of nitrogens with zero attached hydrogens (tertiary/aromatic N) is 6. The number of aliphatic carboxylic acids is 3. The molecular weight excluding hydrogens is 550 g/mol. The standard InChI is InChI=1S/C27H43N7O8/c1-30(2)6-5-28-27(42)23-4-3-21(16-29-23)15-22(35)17-31-7-9-32(18-24(36)37)11-13-34(20-26(40)41)14-12-33(10-8-31)19-25(38)39/h3-4,16H,5-15,17-20H2,1-2H3,(H,28,42)(H,36,37)(H,38,39)(H,40,41). The summed E-state index contributed by atoms with van der Waals surface area (Å²) in [4.78, 5) is 72.6. The van der Waals surface area contributed by atoms with Crippen LogP contribution in [0.3, 0.4) is 0 Å². The SMILES string of the molecule is CN(C)CCNC(=O)c1ccc(CC(=O)CN2CCN(CC(=O)O)CCN(CC(=O)O)CCN(CC(=O)O)CC2)cn1. The molecule has 0 atom stereocenters. The number of carboxylic acids is 3. The van der Waals surface area contributed by atoms with E-state index in [1.807, 2.05) is 23.9 Å². The van der Waals surface area contributed by atoms with E-state index in [1.54, 1.807) is 26.8 Å². The highest BCUT2D eigenvalue weighted by Crippen LogP contribution is 2.05. The second-order valence-electron chi connectivity index (χ2n) is 10.6. The molecule has 15 nitrogen and oxygen atoms in total. The van der Waals surface area contributed by atoms with Crippen LogP contribution < -0.4 is 5.32 Å². The Labute approximate surface area is 245 Å². The third kappa shape index (κ3) is 14.4. The molecule has 0 spiro atoms. The highest BCUT2D eigenvalue weighted by molar-refractivity contribution is 5.92. The molecule has 0 unspecified atom stereocenters. The molecule has 1 fully saturated rings. The number of carbonyl (C=O) groups excluding carboxylic acids is 2. The number of Topliss-reactive ketones (excluding diaryl/α,β-unsaturated/α-hetero) is 1. The zero-order valence-electron chi connectivity index (χ0n) is 24.4. The van der Waals surface area contributed by atoms with Crippen molar-refractivity contribution in [1.29, 1.82) is 0 Å². The Bertz CT molecular complexity index is 1020. The summed E-state index contributed by atoms with van der Waals surface area (Å²) in [5, 5.41) is 30.8. The van der Waals surface area contributed by atoms with Crippen molar-refractivity contribution < 1.29 is 39.3 Å². The number of carbonyl (C=O) groups is 5. The zero-order chi connectivity index (χ0) is 31.1. The van der Waals surface area contributed by atoms with Crippen molar-refractivity contribution in [2.75, 3.05) is 106 Å². The van der Waals surface area contributed by atoms with Crippen molar-refractivity contribution in [2.24, 2.45) is 0 Å². The molecular formula is C27H43N7O8. The first-order valence-electron chi connectivity index (χ1n) is 13.9.